The van der Waals surface area contributed by atoms with Crippen LogP contribution in [0.25, 0.3) is 10.8 Å². The average Bonchev–Trinajstić information content (AvgIpc) is 2.37. The summed E-state index contributed by atoms with van der Waals surface area (Å²) in [6, 6.07) is 14.4. The van der Waals surface area contributed by atoms with E-state index in [2.05, 4.69) is 29.2 Å². The molecule has 0 unspecified atom stereocenters. The quantitative estimate of drug-likeness (QED) is 0.877. The zero-order valence-electron chi connectivity index (χ0n) is 10.5. The van der Waals surface area contributed by atoms with E-state index in [0.29, 0.717) is 6.42 Å². The van der Waals surface area contributed by atoms with E-state index in [4.69, 9.17) is 5.11 Å². The van der Waals surface area contributed by atoms with Gasteiger partial charge in [0.1, 0.15) is 0 Å². The van der Waals surface area contributed by atoms with E-state index in [9.17, 15) is 4.79 Å². The molecule has 0 radical (unpaired) electrons. The molecule has 0 bridgehead atoms. The third-order valence-corrected chi connectivity index (χ3v) is 3.06. The van der Waals surface area contributed by atoms with Gasteiger partial charge in [-0.1, -0.05) is 36.4 Å². The number of nitrogens with zero attached hydrogens (tertiary/aromatic N) is 1. The number of carbonyl (C=O) groups is 1. The highest BCUT2D eigenvalue weighted by molar-refractivity contribution is 5.94. The summed E-state index contributed by atoms with van der Waals surface area (Å²) in [4.78, 5) is 12.6. The fourth-order valence-corrected chi connectivity index (χ4v) is 2.13. The number of hydrogen-bond acceptors (Lipinski definition) is 2. The number of aliphatic carboxylic acids is 1. The molecule has 0 aliphatic heterocycles. The summed E-state index contributed by atoms with van der Waals surface area (Å²) < 4.78 is 0. The number of fused-ring (bicyclic) bond motifs is 1. The first-order chi connectivity index (χ1) is 8.68. The maximum absolute atomic E-state index is 10.5. The normalized spacial score (nSPS) is 10.5. The first-order valence-electron chi connectivity index (χ1n) is 6.09. The summed E-state index contributed by atoms with van der Waals surface area (Å²) in [6.45, 7) is 0.750. The second-order valence-electron chi connectivity index (χ2n) is 4.42. The van der Waals surface area contributed by atoms with E-state index in [0.717, 1.165) is 12.2 Å². The van der Waals surface area contributed by atoms with Gasteiger partial charge in [-0.3, -0.25) is 4.79 Å². The Labute approximate surface area is 107 Å². The molecule has 0 atom stereocenters. The van der Waals surface area contributed by atoms with E-state index < -0.39 is 5.97 Å². The molecule has 0 saturated heterocycles. The molecule has 0 amide bonds. The molecule has 2 rings (SSSR count). The third-order valence-electron chi connectivity index (χ3n) is 3.06. The van der Waals surface area contributed by atoms with Gasteiger partial charge in [0.15, 0.2) is 0 Å². The van der Waals surface area contributed by atoms with Crippen LogP contribution in [0.1, 0.15) is 12.8 Å². The van der Waals surface area contributed by atoms with Crippen molar-refractivity contribution in [2.24, 2.45) is 0 Å². The second kappa shape index (κ2) is 5.54. The van der Waals surface area contributed by atoms with Crippen molar-refractivity contribution in [2.75, 3.05) is 18.5 Å². The monoisotopic (exact) mass is 243 g/mol. The Bertz CT molecular complexity index is 546. The van der Waals surface area contributed by atoms with Crippen molar-refractivity contribution in [1.82, 2.24) is 0 Å². The summed E-state index contributed by atoms with van der Waals surface area (Å²) in [5.41, 5.74) is 1.15. The number of carboxylic acids is 1. The molecule has 94 valence electrons. The van der Waals surface area contributed by atoms with Gasteiger partial charge in [0.05, 0.1) is 0 Å². The first kappa shape index (κ1) is 12.4. The summed E-state index contributed by atoms with van der Waals surface area (Å²) in [7, 11) is 2.00. The van der Waals surface area contributed by atoms with Gasteiger partial charge in [0.25, 0.3) is 0 Å². The number of carboxylic acid groups (broad SMARTS) is 1. The molecular weight excluding hydrogens is 226 g/mol. The highest BCUT2D eigenvalue weighted by Crippen LogP contribution is 2.25. The van der Waals surface area contributed by atoms with Gasteiger partial charge in [-0.2, -0.15) is 0 Å². The van der Waals surface area contributed by atoms with Crippen molar-refractivity contribution in [1.29, 1.82) is 0 Å². The molecule has 0 spiro atoms. The molecule has 0 aromatic heterocycles. The van der Waals surface area contributed by atoms with Crippen LogP contribution in [0.5, 0.6) is 0 Å². The average molecular weight is 243 g/mol. The Morgan fingerprint density at radius 1 is 1.17 bits per heavy atom. The molecule has 0 fully saturated rings. The molecule has 0 heterocycles. The highest BCUT2D eigenvalue weighted by Gasteiger charge is 2.06. The van der Waals surface area contributed by atoms with Crippen LogP contribution < -0.4 is 4.90 Å². The maximum atomic E-state index is 10.5. The van der Waals surface area contributed by atoms with Gasteiger partial charge in [0, 0.05) is 31.1 Å². The lowest BCUT2D eigenvalue weighted by molar-refractivity contribution is -0.137. The lowest BCUT2D eigenvalue weighted by Gasteiger charge is -2.20. The van der Waals surface area contributed by atoms with Crippen molar-refractivity contribution < 1.29 is 9.90 Å². The molecule has 0 saturated carbocycles. The Kier molecular flexibility index (Phi) is 3.82. The van der Waals surface area contributed by atoms with Gasteiger partial charge in [-0.25, -0.2) is 0 Å². The van der Waals surface area contributed by atoms with Gasteiger partial charge in [-0.05, 0) is 17.9 Å². The van der Waals surface area contributed by atoms with Crippen LogP contribution in [0.2, 0.25) is 0 Å². The van der Waals surface area contributed by atoms with E-state index >= 15 is 0 Å². The molecule has 18 heavy (non-hydrogen) atoms. The van der Waals surface area contributed by atoms with Gasteiger partial charge < -0.3 is 10.0 Å². The molecule has 3 heteroatoms. The predicted octanol–water partition coefficient (Wildman–Crippen LogP) is 3.14. The third kappa shape index (κ3) is 2.80. The molecule has 0 aliphatic carbocycles. The Hall–Kier alpha value is -2.03. The molecule has 2 aromatic rings. The molecule has 1 N–H and O–H groups in total. The van der Waals surface area contributed by atoms with Crippen molar-refractivity contribution in [3.8, 4) is 0 Å². The van der Waals surface area contributed by atoms with E-state index in [1.807, 2.05) is 25.2 Å². The van der Waals surface area contributed by atoms with Crippen LogP contribution in [0.15, 0.2) is 42.5 Å². The molecule has 0 aliphatic rings. The summed E-state index contributed by atoms with van der Waals surface area (Å²) >= 11 is 0. The minimum Gasteiger partial charge on any atom is -0.481 e. The van der Waals surface area contributed by atoms with Crippen molar-refractivity contribution in [3.05, 3.63) is 42.5 Å². The molecule has 2 aromatic carbocycles. The Morgan fingerprint density at radius 3 is 2.67 bits per heavy atom. The number of rotatable bonds is 5. The fourth-order valence-electron chi connectivity index (χ4n) is 2.13. The van der Waals surface area contributed by atoms with Crippen molar-refractivity contribution >= 4 is 22.4 Å². The van der Waals surface area contributed by atoms with E-state index in [-0.39, 0.29) is 6.42 Å². The zero-order chi connectivity index (χ0) is 13.0. The van der Waals surface area contributed by atoms with Crippen LogP contribution in [0.3, 0.4) is 0 Å². The van der Waals surface area contributed by atoms with Crippen LogP contribution in [-0.2, 0) is 4.79 Å². The lowest BCUT2D eigenvalue weighted by Crippen LogP contribution is -2.19. The van der Waals surface area contributed by atoms with Gasteiger partial charge in [-0.15, -0.1) is 0 Å². The summed E-state index contributed by atoms with van der Waals surface area (Å²) in [5.74, 6) is -0.735. The number of benzene rings is 2. The van der Waals surface area contributed by atoms with Crippen LogP contribution in [0.4, 0.5) is 5.69 Å². The van der Waals surface area contributed by atoms with Crippen LogP contribution >= 0.6 is 0 Å². The first-order valence-corrected chi connectivity index (χ1v) is 6.09. The smallest absolute Gasteiger partial charge is 0.303 e. The number of hydrogen-bond donors (Lipinski definition) is 1. The Morgan fingerprint density at radius 2 is 1.89 bits per heavy atom. The largest absolute Gasteiger partial charge is 0.481 e. The number of anilines is 1. The molecular formula is C15H17NO2. The standard InChI is InChI=1S/C15H17NO2/c1-16(11-5-10-15(17)18)14-9-4-7-12-6-2-3-8-13(12)14/h2-4,6-9H,5,10-11H2,1H3,(H,17,18). The van der Waals surface area contributed by atoms with Gasteiger partial charge in [0.2, 0.25) is 0 Å². The Balaban J connectivity index is 2.17. The maximum Gasteiger partial charge on any atom is 0.303 e. The van der Waals surface area contributed by atoms with Gasteiger partial charge >= 0.3 is 5.97 Å². The fraction of sp³-hybridized carbons (Fsp3) is 0.267. The van der Waals surface area contributed by atoms with Crippen LogP contribution in [0, 0.1) is 0 Å². The molecule has 3 nitrogen and oxygen atoms in total. The minimum atomic E-state index is -0.735. The second-order valence-corrected chi connectivity index (χ2v) is 4.42. The van der Waals surface area contributed by atoms with Crippen molar-refractivity contribution in [3.63, 3.8) is 0 Å². The summed E-state index contributed by atoms with van der Waals surface area (Å²) in [6.07, 6.45) is 0.879. The predicted molar refractivity (Wildman–Crippen MR) is 74.1 cm³/mol. The summed E-state index contributed by atoms with van der Waals surface area (Å²) in [5, 5.41) is 11.1. The van der Waals surface area contributed by atoms with Crippen molar-refractivity contribution in [2.45, 2.75) is 12.8 Å². The van der Waals surface area contributed by atoms with E-state index in [1.54, 1.807) is 0 Å². The lowest BCUT2D eigenvalue weighted by atomic mass is 10.1. The minimum absolute atomic E-state index is 0.217. The zero-order valence-corrected chi connectivity index (χ0v) is 10.5. The highest BCUT2D eigenvalue weighted by atomic mass is 16.4. The topological polar surface area (TPSA) is 40.5 Å². The van der Waals surface area contributed by atoms with Crippen LogP contribution in [-0.4, -0.2) is 24.7 Å². The van der Waals surface area contributed by atoms with E-state index in [1.165, 1.54) is 10.8 Å². The SMILES string of the molecule is CN(CCCC(=O)O)c1cccc2ccccc12.